The zero-order chi connectivity index (χ0) is 21.1. The second-order valence-corrected chi connectivity index (χ2v) is 7.75. The third kappa shape index (κ3) is 4.33. The van der Waals surface area contributed by atoms with Gasteiger partial charge in [0, 0.05) is 37.3 Å². The fourth-order valence-corrected chi connectivity index (χ4v) is 3.74. The molecule has 1 aromatic heterocycles. The molecular weight excluding hydrogens is 376 g/mol. The van der Waals surface area contributed by atoms with Gasteiger partial charge in [0.2, 0.25) is 5.91 Å². The minimum Gasteiger partial charge on any atom is -0.335 e. The molecule has 0 bridgehead atoms. The molecule has 0 spiro atoms. The summed E-state index contributed by atoms with van der Waals surface area (Å²) in [4.78, 5) is 33.7. The van der Waals surface area contributed by atoms with E-state index < -0.39 is 0 Å². The lowest BCUT2D eigenvalue weighted by Gasteiger charge is -2.34. The number of para-hydroxylation sites is 1. The molecular formula is C24H26N4O2. The maximum Gasteiger partial charge on any atom is 0.272 e. The molecule has 0 atom stereocenters. The summed E-state index contributed by atoms with van der Waals surface area (Å²) < 4.78 is 0. The average Bonchev–Trinajstić information content (AvgIpc) is 2.76. The molecule has 30 heavy (non-hydrogen) atoms. The van der Waals surface area contributed by atoms with E-state index in [1.165, 1.54) is 0 Å². The van der Waals surface area contributed by atoms with Crippen LogP contribution in [0, 0.1) is 13.8 Å². The molecule has 1 N–H and O–H groups in total. The van der Waals surface area contributed by atoms with Crippen molar-refractivity contribution in [2.75, 3.05) is 38.0 Å². The maximum atomic E-state index is 12.8. The van der Waals surface area contributed by atoms with Crippen molar-refractivity contribution in [3.8, 4) is 0 Å². The zero-order valence-electron chi connectivity index (χ0n) is 17.4. The lowest BCUT2D eigenvalue weighted by Crippen LogP contribution is -2.50. The van der Waals surface area contributed by atoms with E-state index in [9.17, 15) is 9.59 Å². The summed E-state index contributed by atoms with van der Waals surface area (Å²) >= 11 is 0. The van der Waals surface area contributed by atoms with Gasteiger partial charge in [0.25, 0.3) is 5.91 Å². The van der Waals surface area contributed by atoms with Gasteiger partial charge in [-0.3, -0.25) is 14.5 Å². The van der Waals surface area contributed by atoms with Crippen LogP contribution in [-0.2, 0) is 4.79 Å². The van der Waals surface area contributed by atoms with Crippen molar-refractivity contribution in [1.29, 1.82) is 0 Å². The Morgan fingerprint density at radius 3 is 2.50 bits per heavy atom. The Balaban J connectivity index is 1.32. The first kappa shape index (κ1) is 20.0. The van der Waals surface area contributed by atoms with Crippen molar-refractivity contribution in [3.05, 3.63) is 71.4 Å². The number of anilines is 1. The summed E-state index contributed by atoms with van der Waals surface area (Å²) in [7, 11) is 0. The monoisotopic (exact) mass is 402 g/mol. The summed E-state index contributed by atoms with van der Waals surface area (Å²) in [6.07, 6.45) is 0. The number of benzene rings is 2. The normalized spacial score (nSPS) is 14.7. The van der Waals surface area contributed by atoms with Crippen molar-refractivity contribution in [3.63, 3.8) is 0 Å². The van der Waals surface area contributed by atoms with Crippen molar-refractivity contribution >= 4 is 28.4 Å². The van der Waals surface area contributed by atoms with Crippen LogP contribution in [0.2, 0.25) is 0 Å². The third-order valence-electron chi connectivity index (χ3n) is 5.72. The van der Waals surface area contributed by atoms with E-state index >= 15 is 0 Å². The predicted molar refractivity (Wildman–Crippen MR) is 119 cm³/mol. The van der Waals surface area contributed by atoms with Crippen LogP contribution in [0.25, 0.3) is 10.9 Å². The van der Waals surface area contributed by atoms with Gasteiger partial charge in [0.15, 0.2) is 0 Å². The van der Waals surface area contributed by atoms with Crippen molar-refractivity contribution in [2.45, 2.75) is 13.8 Å². The number of piperazine rings is 1. The highest BCUT2D eigenvalue weighted by Crippen LogP contribution is 2.18. The second-order valence-electron chi connectivity index (χ2n) is 7.75. The average molecular weight is 402 g/mol. The fraction of sp³-hybridized carbons (Fsp3) is 0.292. The van der Waals surface area contributed by atoms with Crippen LogP contribution in [-0.4, -0.2) is 59.3 Å². The van der Waals surface area contributed by atoms with E-state index in [1.54, 1.807) is 6.07 Å². The molecule has 2 amide bonds. The maximum absolute atomic E-state index is 12.8. The number of carbonyl (C=O) groups excluding carboxylic acids is 2. The van der Waals surface area contributed by atoms with Crippen molar-refractivity contribution in [2.24, 2.45) is 0 Å². The summed E-state index contributed by atoms with van der Waals surface area (Å²) in [5.74, 6) is -0.0834. The molecule has 2 aromatic carbocycles. The van der Waals surface area contributed by atoms with E-state index in [-0.39, 0.29) is 11.8 Å². The molecule has 6 heteroatoms. The summed E-state index contributed by atoms with van der Waals surface area (Å²) in [5, 5.41) is 4.03. The van der Waals surface area contributed by atoms with Crippen LogP contribution < -0.4 is 5.32 Å². The lowest BCUT2D eigenvalue weighted by atomic mass is 10.1. The molecule has 154 valence electrons. The number of amides is 2. The largest absolute Gasteiger partial charge is 0.335 e. The topological polar surface area (TPSA) is 65.5 Å². The molecule has 6 nitrogen and oxygen atoms in total. The second kappa shape index (κ2) is 8.63. The molecule has 0 unspecified atom stereocenters. The van der Waals surface area contributed by atoms with Crippen LogP contribution in [0.1, 0.15) is 21.6 Å². The van der Waals surface area contributed by atoms with Gasteiger partial charge in [-0.2, -0.15) is 0 Å². The first-order valence-corrected chi connectivity index (χ1v) is 10.2. The molecule has 2 heterocycles. The highest BCUT2D eigenvalue weighted by molar-refractivity contribution is 5.95. The number of aromatic nitrogens is 1. The van der Waals surface area contributed by atoms with Gasteiger partial charge in [-0.15, -0.1) is 0 Å². The molecule has 0 saturated carbocycles. The quantitative estimate of drug-likeness (QED) is 0.728. The summed E-state index contributed by atoms with van der Waals surface area (Å²) in [6.45, 7) is 6.87. The molecule has 1 saturated heterocycles. The SMILES string of the molecule is Cc1cccc(NC(=O)CN2CCN(C(=O)c3ccc4ccccc4n3)CC2)c1C. The number of aryl methyl sites for hydroxylation is 1. The van der Waals surface area contributed by atoms with Crippen LogP contribution in [0.15, 0.2) is 54.6 Å². The molecule has 1 fully saturated rings. The van der Waals surface area contributed by atoms with Crippen LogP contribution in [0.4, 0.5) is 5.69 Å². The first-order chi connectivity index (χ1) is 14.5. The number of pyridine rings is 1. The Morgan fingerprint density at radius 2 is 1.70 bits per heavy atom. The number of hydrogen-bond donors (Lipinski definition) is 1. The number of carbonyl (C=O) groups is 2. The number of hydrogen-bond acceptors (Lipinski definition) is 4. The minimum absolute atomic E-state index is 0.0281. The van der Waals surface area contributed by atoms with Gasteiger partial charge in [0.05, 0.1) is 12.1 Å². The highest BCUT2D eigenvalue weighted by Gasteiger charge is 2.24. The molecule has 0 aliphatic carbocycles. The predicted octanol–water partition coefficient (Wildman–Crippen LogP) is 3.25. The van der Waals surface area contributed by atoms with Crippen molar-refractivity contribution < 1.29 is 9.59 Å². The van der Waals surface area contributed by atoms with E-state index in [1.807, 2.05) is 67.3 Å². The Hall–Kier alpha value is -3.25. The van der Waals surface area contributed by atoms with E-state index in [0.29, 0.717) is 38.4 Å². The Kier molecular flexibility index (Phi) is 5.77. The van der Waals surface area contributed by atoms with E-state index in [4.69, 9.17) is 0 Å². The van der Waals surface area contributed by atoms with Gasteiger partial charge in [0.1, 0.15) is 5.69 Å². The smallest absolute Gasteiger partial charge is 0.272 e. The Bertz CT molecular complexity index is 1090. The van der Waals surface area contributed by atoms with Crippen LogP contribution in [0.3, 0.4) is 0 Å². The standard InChI is InChI=1S/C24H26N4O2/c1-17-6-5-9-20(18(17)2)26-23(29)16-27-12-14-28(15-13-27)24(30)22-11-10-19-7-3-4-8-21(19)25-22/h3-11H,12-16H2,1-2H3,(H,26,29). The summed E-state index contributed by atoms with van der Waals surface area (Å²) in [6, 6.07) is 17.4. The number of nitrogens with one attached hydrogen (secondary N) is 1. The van der Waals surface area contributed by atoms with Gasteiger partial charge in [-0.05, 0) is 43.2 Å². The zero-order valence-corrected chi connectivity index (χ0v) is 17.4. The minimum atomic E-state index is -0.0553. The van der Waals surface area contributed by atoms with Gasteiger partial charge >= 0.3 is 0 Å². The fourth-order valence-electron chi connectivity index (χ4n) is 3.74. The number of nitrogens with zero attached hydrogens (tertiary/aromatic N) is 3. The lowest BCUT2D eigenvalue weighted by molar-refractivity contribution is -0.117. The summed E-state index contributed by atoms with van der Waals surface area (Å²) in [5.41, 5.74) is 4.39. The van der Waals surface area contributed by atoms with Gasteiger partial charge < -0.3 is 10.2 Å². The Morgan fingerprint density at radius 1 is 0.933 bits per heavy atom. The third-order valence-corrected chi connectivity index (χ3v) is 5.72. The highest BCUT2D eigenvalue weighted by atomic mass is 16.2. The molecule has 1 aliphatic heterocycles. The number of rotatable bonds is 4. The molecule has 3 aromatic rings. The van der Waals surface area contributed by atoms with E-state index in [0.717, 1.165) is 27.7 Å². The number of fused-ring (bicyclic) bond motifs is 1. The first-order valence-electron chi connectivity index (χ1n) is 10.2. The van der Waals surface area contributed by atoms with Crippen LogP contribution >= 0.6 is 0 Å². The van der Waals surface area contributed by atoms with Gasteiger partial charge in [-0.25, -0.2) is 4.98 Å². The molecule has 4 rings (SSSR count). The van der Waals surface area contributed by atoms with Crippen LogP contribution in [0.5, 0.6) is 0 Å². The molecule has 0 radical (unpaired) electrons. The Labute approximate surface area is 176 Å². The van der Waals surface area contributed by atoms with E-state index in [2.05, 4.69) is 15.2 Å². The molecule has 1 aliphatic rings. The van der Waals surface area contributed by atoms with Crippen molar-refractivity contribution in [1.82, 2.24) is 14.8 Å². The van der Waals surface area contributed by atoms with Gasteiger partial charge in [-0.1, -0.05) is 36.4 Å².